The maximum atomic E-state index is 14.8. The molecular formula is C15H22FN. The monoisotopic (exact) mass is 235 g/mol. The maximum absolute atomic E-state index is 14.8. The number of hydrogen-bond donors (Lipinski definition) is 1. The Morgan fingerprint density at radius 2 is 2.18 bits per heavy atom. The lowest BCUT2D eigenvalue weighted by Crippen LogP contribution is -2.33. The average molecular weight is 235 g/mol. The van der Waals surface area contributed by atoms with E-state index in [1.54, 1.807) is 6.92 Å². The number of alkyl halides is 1. The fraction of sp³-hybridized carbons (Fsp3) is 0.600. The first-order valence-electron chi connectivity index (χ1n) is 6.55. The minimum absolute atomic E-state index is 0.471. The van der Waals surface area contributed by atoms with Crippen molar-refractivity contribution in [3.8, 4) is 0 Å². The lowest BCUT2D eigenvalue weighted by Gasteiger charge is -2.30. The zero-order chi connectivity index (χ0) is 12.3. The van der Waals surface area contributed by atoms with Crippen molar-refractivity contribution in [1.82, 2.24) is 5.32 Å². The van der Waals surface area contributed by atoms with Crippen molar-refractivity contribution in [3.05, 3.63) is 35.4 Å². The SMILES string of the molecule is Cc1ccccc1C(C)(F)CC1CCCNC1. The second-order valence-electron chi connectivity index (χ2n) is 5.43. The molecule has 2 unspecified atom stereocenters. The van der Waals surface area contributed by atoms with Gasteiger partial charge in [-0.25, -0.2) is 4.39 Å². The van der Waals surface area contributed by atoms with Crippen molar-refractivity contribution in [2.75, 3.05) is 13.1 Å². The van der Waals surface area contributed by atoms with Gasteiger partial charge in [0.05, 0.1) is 0 Å². The van der Waals surface area contributed by atoms with E-state index < -0.39 is 5.67 Å². The number of hydrogen-bond acceptors (Lipinski definition) is 1. The summed E-state index contributed by atoms with van der Waals surface area (Å²) in [6.07, 6.45) is 2.96. The Balaban J connectivity index is 2.10. The summed E-state index contributed by atoms with van der Waals surface area (Å²) in [5.74, 6) is 0.471. The summed E-state index contributed by atoms with van der Waals surface area (Å²) >= 11 is 0. The van der Waals surface area contributed by atoms with Crippen molar-refractivity contribution >= 4 is 0 Å². The quantitative estimate of drug-likeness (QED) is 0.844. The summed E-state index contributed by atoms with van der Waals surface area (Å²) in [4.78, 5) is 0. The summed E-state index contributed by atoms with van der Waals surface area (Å²) < 4.78 is 14.8. The molecule has 1 aliphatic rings. The number of piperidine rings is 1. The summed E-state index contributed by atoms with van der Waals surface area (Å²) in [7, 11) is 0. The number of rotatable bonds is 3. The third kappa shape index (κ3) is 3.06. The molecular weight excluding hydrogens is 213 g/mol. The first kappa shape index (κ1) is 12.6. The smallest absolute Gasteiger partial charge is 0.133 e. The van der Waals surface area contributed by atoms with Crippen LogP contribution in [0.2, 0.25) is 0 Å². The van der Waals surface area contributed by atoms with Crippen LogP contribution >= 0.6 is 0 Å². The summed E-state index contributed by atoms with van der Waals surface area (Å²) in [5.41, 5.74) is 0.710. The van der Waals surface area contributed by atoms with Gasteiger partial charge in [-0.05, 0) is 63.2 Å². The third-order valence-corrected chi connectivity index (χ3v) is 3.78. The van der Waals surface area contributed by atoms with Crippen molar-refractivity contribution < 1.29 is 4.39 Å². The topological polar surface area (TPSA) is 12.0 Å². The van der Waals surface area contributed by atoms with E-state index >= 15 is 0 Å². The Kier molecular flexibility index (Phi) is 3.82. The molecule has 2 rings (SSSR count). The second-order valence-corrected chi connectivity index (χ2v) is 5.43. The van der Waals surface area contributed by atoms with E-state index in [2.05, 4.69) is 5.32 Å². The van der Waals surface area contributed by atoms with Crippen LogP contribution < -0.4 is 5.32 Å². The average Bonchev–Trinajstić information content (AvgIpc) is 2.30. The number of halogens is 1. The van der Waals surface area contributed by atoms with Crippen LogP contribution in [0.4, 0.5) is 4.39 Å². The maximum Gasteiger partial charge on any atom is 0.133 e. The molecule has 94 valence electrons. The zero-order valence-electron chi connectivity index (χ0n) is 10.8. The summed E-state index contributed by atoms with van der Waals surface area (Å²) in [6, 6.07) is 7.81. The van der Waals surface area contributed by atoms with E-state index in [1.807, 2.05) is 31.2 Å². The van der Waals surface area contributed by atoms with Gasteiger partial charge in [0.2, 0.25) is 0 Å². The Hall–Kier alpha value is -0.890. The van der Waals surface area contributed by atoms with Gasteiger partial charge in [-0.3, -0.25) is 0 Å². The first-order chi connectivity index (χ1) is 8.09. The van der Waals surface area contributed by atoms with Crippen LogP contribution in [0.15, 0.2) is 24.3 Å². The molecule has 0 radical (unpaired) electrons. The minimum atomic E-state index is -1.20. The van der Waals surface area contributed by atoms with Crippen LogP contribution in [0.25, 0.3) is 0 Å². The fourth-order valence-electron chi connectivity index (χ4n) is 2.91. The molecule has 1 N–H and O–H groups in total. The van der Waals surface area contributed by atoms with Crippen molar-refractivity contribution in [2.45, 2.75) is 38.8 Å². The first-order valence-corrected chi connectivity index (χ1v) is 6.55. The molecule has 0 bridgehead atoms. The normalized spacial score (nSPS) is 24.3. The lowest BCUT2D eigenvalue weighted by atomic mass is 9.82. The van der Waals surface area contributed by atoms with Gasteiger partial charge < -0.3 is 5.32 Å². The van der Waals surface area contributed by atoms with Crippen LogP contribution in [0.1, 0.15) is 37.3 Å². The van der Waals surface area contributed by atoms with Gasteiger partial charge in [-0.2, -0.15) is 0 Å². The standard InChI is InChI=1S/C15H22FN/c1-12-6-3-4-8-14(12)15(2,16)10-13-7-5-9-17-11-13/h3-4,6,8,13,17H,5,7,9-11H2,1-2H3. The van der Waals surface area contributed by atoms with Crippen molar-refractivity contribution in [1.29, 1.82) is 0 Å². The van der Waals surface area contributed by atoms with Crippen molar-refractivity contribution in [2.24, 2.45) is 5.92 Å². The van der Waals surface area contributed by atoms with Crippen LogP contribution in [-0.4, -0.2) is 13.1 Å². The molecule has 1 heterocycles. The van der Waals surface area contributed by atoms with E-state index in [9.17, 15) is 4.39 Å². The van der Waals surface area contributed by atoms with Crippen LogP contribution in [0.5, 0.6) is 0 Å². The van der Waals surface area contributed by atoms with Crippen LogP contribution in [0.3, 0.4) is 0 Å². The highest BCUT2D eigenvalue weighted by molar-refractivity contribution is 5.30. The molecule has 1 saturated heterocycles. The second kappa shape index (κ2) is 5.18. The molecule has 0 spiro atoms. The Bertz CT molecular complexity index is 367. The Morgan fingerprint density at radius 3 is 2.82 bits per heavy atom. The molecule has 2 heteroatoms. The van der Waals surface area contributed by atoms with Gasteiger partial charge in [-0.15, -0.1) is 0 Å². The predicted molar refractivity (Wildman–Crippen MR) is 69.8 cm³/mol. The number of benzene rings is 1. The van der Waals surface area contributed by atoms with E-state index in [0.29, 0.717) is 12.3 Å². The number of nitrogens with one attached hydrogen (secondary N) is 1. The van der Waals surface area contributed by atoms with E-state index in [4.69, 9.17) is 0 Å². The molecule has 0 amide bonds. The zero-order valence-corrected chi connectivity index (χ0v) is 10.8. The van der Waals surface area contributed by atoms with Crippen molar-refractivity contribution in [3.63, 3.8) is 0 Å². The summed E-state index contributed by atoms with van der Waals surface area (Å²) in [5, 5.41) is 3.36. The van der Waals surface area contributed by atoms with Gasteiger partial charge >= 0.3 is 0 Å². The summed E-state index contributed by atoms with van der Waals surface area (Å²) in [6.45, 7) is 5.77. The molecule has 2 atom stereocenters. The Morgan fingerprint density at radius 1 is 1.41 bits per heavy atom. The van der Waals surface area contributed by atoms with Crippen LogP contribution in [0, 0.1) is 12.8 Å². The lowest BCUT2D eigenvalue weighted by molar-refractivity contribution is 0.133. The van der Waals surface area contributed by atoms with E-state index in [-0.39, 0.29) is 0 Å². The molecule has 17 heavy (non-hydrogen) atoms. The van der Waals surface area contributed by atoms with Gasteiger partial charge in [-0.1, -0.05) is 24.3 Å². The van der Waals surface area contributed by atoms with Gasteiger partial charge in [0.25, 0.3) is 0 Å². The fourth-order valence-corrected chi connectivity index (χ4v) is 2.91. The highest BCUT2D eigenvalue weighted by Crippen LogP contribution is 2.36. The molecule has 1 aliphatic heterocycles. The predicted octanol–water partition coefficient (Wildman–Crippen LogP) is 3.57. The molecule has 1 nitrogen and oxygen atoms in total. The molecule has 1 aromatic carbocycles. The van der Waals surface area contributed by atoms with Gasteiger partial charge in [0.1, 0.15) is 5.67 Å². The largest absolute Gasteiger partial charge is 0.316 e. The van der Waals surface area contributed by atoms with Gasteiger partial charge in [0.15, 0.2) is 0 Å². The highest BCUT2D eigenvalue weighted by Gasteiger charge is 2.31. The van der Waals surface area contributed by atoms with E-state index in [1.165, 1.54) is 6.42 Å². The van der Waals surface area contributed by atoms with Crippen LogP contribution in [-0.2, 0) is 5.67 Å². The molecule has 1 fully saturated rings. The molecule has 0 saturated carbocycles. The van der Waals surface area contributed by atoms with Gasteiger partial charge in [0, 0.05) is 0 Å². The third-order valence-electron chi connectivity index (χ3n) is 3.78. The Labute approximate surface area is 103 Å². The molecule has 0 aliphatic carbocycles. The molecule has 1 aromatic rings. The number of aryl methyl sites for hydroxylation is 1. The minimum Gasteiger partial charge on any atom is -0.316 e. The molecule has 0 aromatic heterocycles. The highest BCUT2D eigenvalue weighted by atomic mass is 19.1. The van der Waals surface area contributed by atoms with E-state index in [0.717, 1.165) is 30.6 Å².